The normalized spacial score (nSPS) is 13.3. The molecule has 1 heterocycles. The molecule has 3 aromatic rings. The fourth-order valence-corrected chi connectivity index (χ4v) is 4.98. The lowest BCUT2D eigenvalue weighted by Crippen LogP contribution is -2.50. The summed E-state index contributed by atoms with van der Waals surface area (Å²) in [4.78, 5) is 37.8. The van der Waals surface area contributed by atoms with Crippen LogP contribution in [-0.2, 0) is 27.3 Å². The van der Waals surface area contributed by atoms with Crippen LogP contribution in [0.15, 0.2) is 71.7 Å². The number of nitrogen functional groups attached to an aromatic ring is 1. The van der Waals surface area contributed by atoms with Crippen LogP contribution in [0, 0.1) is 11.3 Å². The Morgan fingerprint density at radius 3 is 2.13 bits per heavy atom. The fourth-order valence-electron chi connectivity index (χ4n) is 4.98. The second-order valence-electron chi connectivity index (χ2n) is 10.8. The number of likely N-dealkylation sites (tertiary alicyclic amines) is 1. The Balaban J connectivity index is 0.000000789. The summed E-state index contributed by atoms with van der Waals surface area (Å²) in [5, 5.41) is 28.5. The van der Waals surface area contributed by atoms with Crippen LogP contribution in [0.1, 0.15) is 49.8 Å². The molecular weight excluding hydrogens is 574 g/mol. The van der Waals surface area contributed by atoms with Crippen LogP contribution in [-0.4, -0.2) is 70.4 Å². The number of guanidine groups is 1. The van der Waals surface area contributed by atoms with Gasteiger partial charge in [-0.15, -0.1) is 0 Å². The van der Waals surface area contributed by atoms with E-state index < -0.39 is 11.9 Å². The molecule has 1 aliphatic rings. The highest BCUT2D eigenvalue weighted by atomic mass is 16.4. The molecule has 0 unspecified atom stereocenters. The molecule has 12 nitrogen and oxygen atoms in total. The van der Waals surface area contributed by atoms with Gasteiger partial charge in [0.05, 0.1) is 6.04 Å². The maximum atomic E-state index is 13.7. The number of aliphatic carboxylic acids is 2. The molecule has 4 rings (SSSR count). The van der Waals surface area contributed by atoms with Crippen molar-refractivity contribution in [1.29, 1.82) is 5.41 Å². The summed E-state index contributed by atoms with van der Waals surface area (Å²) in [6, 6.07) is 21.9. The average molecular weight is 620 g/mol. The zero-order valence-electron chi connectivity index (χ0n) is 25.9. The third-order valence-electron chi connectivity index (χ3n) is 7.10. The zero-order chi connectivity index (χ0) is 33.4. The summed E-state index contributed by atoms with van der Waals surface area (Å²) < 4.78 is 0. The number of carbonyl (C=O) groups excluding carboxylic acids is 1. The van der Waals surface area contributed by atoms with E-state index in [1.165, 1.54) is 10.8 Å². The third kappa shape index (κ3) is 13.9. The number of hydrogen-bond donors (Lipinski definition) is 7. The maximum absolute atomic E-state index is 13.7. The molecule has 0 aromatic heterocycles. The number of rotatable bonds is 10. The van der Waals surface area contributed by atoms with E-state index in [-0.39, 0.29) is 23.7 Å². The Hall–Kier alpha value is -4.97. The second kappa shape index (κ2) is 18.6. The van der Waals surface area contributed by atoms with Crippen molar-refractivity contribution in [3.05, 3.63) is 83.4 Å². The number of benzene rings is 3. The van der Waals surface area contributed by atoms with E-state index in [1.54, 1.807) is 0 Å². The molecule has 1 aliphatic heterocycles. The van der Waals surface area contributed by atoms with E-state index in [4.69, 9.17) is 42.4 Å². The number of carboxylic acid groups (broad SMARTS) is 2. The van der Waals surface area contributed by atoms with Gasteiger partial charge in [-0.3, -0.25) is 24.8 Å². The van der Waals surface area contributed by atoms with E-state index in [0.29, 0.717) is 31.0 Å². The van der Waals surface area contributed by atoms with Crippen molar-refractivity contribution in [3.8, 4) is 0 Å². The molecule has 0 spiro atoms. The lowest BCUT2D eigenvalue weighted by Gasteiger charge is -2.34. The highest BCUT2D eigenvalue weighted by Gasteiger charge is 2.28. The van der Waals surface area contributed by atoms with Crippen molar-refractivity contribution in [2.75, 3.05) is 19.6 Å². The van der Waals surface area contributed by atoms with Crippen molar-refractivity contribution < 1.29 is 24.6 Å². The minimum atomic E-state index is -0.833. The van der Waals surface area contributed by atoms with Gasteiger partial charge in [0.1, 0.15) is 5.84 Å². The van der Waals surface area contributed by atoms with Crippen LogP contribution in [0.5, 0.6) is 0 Å². The predicted molar refractivity (Wildman–Crippen MR) is 177 cm³/mol. The molecular formula is C33H45N7O5. The van der Waals surface area contributed by atoms with Gasteiger partial charge in [-0.2, -0.15) is 0 Å². The number of amidine groups is 1. The van der Waals surface area contributed by atoms with Crippen molar-refractivity contribution in [1.82, 2.24) is 10.2 Å². The Bertz CT molecular complexity index is 1440. The van der Waals surface area contributed by atoms with Gasteiger partial charge < -0.3 is 37.6 Å². The van der Waals surface area contributed by atoms with Crippen molar-refractivity contribution in [3.63, 3.8) is 0 Å². The molecule has 242 valence electrons. The molecule has 0 aliphatic carbocycles. The second-order valence-corrected chi connectivity index (χ2v) is 10.8. The first-order valence-corrected chi connectivity index (χ1v) is 14.7. The maximum Gasteiger partial charge on any atom is 0.300 e. The largest absolute Gasteiger partial charge is 0.481 e. The molecule has 12 heteroatoms. The van der Waals surface area contributed by atoms with Crippen LogP contribution in [0.3, 0.4) is 0 Å². The first-order valence-electron chi connectivity index (χ1n) is 14.7. The van der Waals surface area contributed by atoms with Gasteiger partial charge in [0, 0.05) is 45.6 Å². The minimum Gasteiger partial charge on any atom is -0.481 e. The minimum absolute atomic E-state index is 0.0247. The van der Waals surface area contributed by atoms with E-state index >= 15 is 0 Å². The molecule has 0 bridgehead atoms. The average Bonchev–Trinajstić information content (AvgIpc) is 2.98. The van der Waals surface area contributed by atoms with Gasteiger partial charge in [-0.1, -0.05) is 54.6 Å². The Morgan fingerprint density at radius 2 is 1.53 bits per heavy atom. The molecule has 3 aromatic carbocycles. The van der Waals surface area contributed by atoms with Gasteiger partial charge in [0.25, 0.3) is 11.9 Å². The first kappa shape index (κ1) is 36.2. The number of amides is 1. The SMILES string of the molecule is CC(=O)O.CC(=O)O.N=C(N)c1cccc(C[C@H](NCc2ccc3ccccc3c2)C(=O)N2CCC(CCN=C(N)N)CC2)c1. The number of carbonyl (C=O) groups is 3. The van der Waals surface area contributed by atoms with Gasteiger partial charge in [0.2, 0.25) is 5.91 Å². The number of nitrogens with one attached hydrogen (secondary N) is 2. The molecule has 0 saturated carbocycles. The Kier molecular flexibility index (Phi) is 15.0. The lowest BCUT2D eigenvalue weighted by atomic mass is 9.92. The van der Waals surface area contributed by atoms with E-state index in [1.807, 2.05) is 41.3 Å². The molecule has 1 atom stereocenters. The summed E-state index contributed by atoms with van der Waals surface area (Å²) >= 11 is 0. The summed E-state index contributed by atoms with van der Waals surface area (Å²) in [7, 11) is 0. The standard InChI is InChI=1S/C29H37N7O.2C2H4O2/c30-27(31)25-7-3-4-21(16-25)18-26(35-19-22-8-9-23-5-1-2-6-24(23)17-22)28(37)36-14-11-20(12-15-36)10-13-34-29(32)33;2*1-2(3)4/h1-9,16-17,20,26,35H,10-15,18-19H2,(H3,30,31)(H4,32,33,34);2*1H3,(H,3,4)/t26-;;/m0../s1. The summed E-state index contributed by atoms with van der Waals surface area (Å²) in [6.45, 7) is 4.84. The molecule has 1 amide bonds. The topological polar surface area (TPSA) is 221 Å². The third-order valence-corrected chi connectivity index (χ3v) is 7.10. The number of carboxylic acids is 2. The first-order chi connectivity index (χ1) is 21.3. The lowest BCUT2D eigenvalue weighted by molar-refractivity contribution is -0.135. The van der Waals surface area contributed by atoms with Crippen molar-refractivity contribution in [2.24, 2.45) is 28.1 Å². The van der Waals surface area contributed by atoms with Gasteiger partial charge >= 0.3 is 0 Å². The van der Waals surface area contributed by atoms with Gasteiger partial charge in [-0.05, 0) is 65.6 Å². The van der Waals surface area contributed by atoms with E-state index in [0.717, 1.165) is 57.3 Å². The predicted octanol–water partition coefficient (Wildman–Crippen LogP) is 2.91. The van der Waals surface area contributed by atoms with E-state index in [2.05, 4.69) is 40.6 Å². The number of fused-ring (bicyclic) bond motifs is 1. The van der Waals surface area contributed by atoms with Gasteiger partial charge in [-0.25, -0.2) is 0 Å². The fraction of sp³-hybridized carbons (Fsp3) is 0.364. The number of hydrogen-bond acceptors (Lipinski definition) is 6. The Morgan fingerprint density at radius 1 is 0.911 bits per heavy atom. The highest BCUT2D eigenvalue weighted by Crippen LogP contribution is 2.22. The van der Waals surface area contributed by atoms with Crippen molar-refractivity contribution in [2.45, 2.75) is 52.1 Å². The van der Waals surface area contributed by atoms with E-state index in [9.17, 15) is 4.79 Å². The number of piperidine rings is 1. The van der Waals surface area contributed by atoms with Crippen LogP contribution in [0.25, 0.3) is 10.8 Å². The molecule has 45 heavy (non-hydrogen) atoms. The zero-order valence-corrected chi connectivity index (χ0v) is 25.9. The molecule has 1 fully saturated rings. The Labute approximate surface area is 263 Å². The number of aliphatic imine (C=N–C) groups is 1. The summed E-state index contributed by atoms with van der Waals surface area (Å²) in [6.07, 6.45) is 3.35. The monoisotopic (exact) mass is 619 g/mol. The van der Waals surface area contributed by atoms with Gasteiger partial charge in [0.15, 0.2) is 5.96 Å². The quantitative estimate of drug-likeness (QED) is 0.131. The van der Waals surface area contributed by atoms with Crippen LogP contribution < -0.4 is 22.5 Å². The highest BCUT2D eigenvalue weighted by molar-refractivity contribution is 5.95. The van der Waals surface area contributed by atoms with Crippen molar-refractivity contribution >= 4 is 40.4 Å². The van der Waals surface area contributed by atoms with Crippen LogP contribution in [0.4, 0.5) is 0 Å². The smallest absolute Gasteiger partial charge is 0.300 e. The number of nitrogens with two attached hydrogens (primary N) is 3. The van der Waals surface area contributed by atoms with Crippen LogP contribution in [0.2, 0.25) is 0 Å². The molecule has 10 N–H and O–H groups in total. The molecule has 1 saturated heterocycles. The van der Waals surface area contributed by atoms with Crippen LogP contribution >= 0.6 is 0 Å². The summed E-state index contributed by atoms with van der Waals surface area (Å²) in [5.74, 6) is -0.890. The summed E-state index contributed by atoms with van der Waals surface area (Å²) in [5.41, 5.74) is 19.4. The molecule has 0 radical (unpaired) electrons. The number of nitrogens with zero attached hydrogens (tertiary/aromatic N) is 2.